The van der Waals surface area contributed by atoms with E-state index in [0.717, 1.165) is 32.4 Å². The summed E-state index contributed by atoms with van der Waals surface area (Å²) < 4.78 is 32.6. The number of hydrogen-bond acceptors (Lipinski definition) is 7. The van der Waals surface area contributed by atoms with E-state index in [1.807, 2.05) is 4.90 Å². The topological polar surface area (TPSA) is 122 Å². The Hall–Kier alpha value is -3.18. The van der Waals surface area contributed by atoms with Crippen molar-refractivity contribution in [3.8, 4) is 5.75 Å². The van der Waals surface area contributed by atoms with Crippen molar-refractivity contribution in [1.82, 2.24) is 4.31 Å². The Kier molecular flexibility index (Phi) is 8.11. The first-order chi connectivity index (χ1) is 16.2. The number of carbonyl (C=O) groups excluding carboxylic acids is 1. The monoisotopic (exact) mass is 490 g/mol. The minimum absolute atomic E-state index is 0.0163. The van der Waals surface area contributed by atoms with E-state index in [-0.39, 0.29) is 27.6 Å². The van der Waals surface area contributed by atoms with E-state index >= 15 is 0 Å². The van der Waals surface area contributed by atoms with Crippen LogP contribution in [0.25, 0.3) is 0 Å². The van der Waals surface area contributed by atoms with Crippen LogP contribution in [0.2, 0.25) is 0 Å². The van der Waals surface area contributed by atoms with E-state index in [4.69, 9.17) is 4.74 Å². The van der Waals surface area contributed by atoms with Gasteiger partial charge in [-0.2, -0.15) is 4.31 Å². The van der Waals surface area contributed by atoms with Crippen molar-refractivity contribution in [3.63, 3.8) is 0 Å². The van der Waals surface area contributed by atoms with Crippen molar-refractivity contribution in [1.29, 1.82) is 0 Å². The average molecular weight is 491 g/mol. The summed E-state index contributed by atoms with van der Waals surface area (Å²) in [7, 11) is -2.35. The van der Waals surface area contributed by atoms with E-state index in [9.17, 15) is 23.3 Å². The molecule has 1 amide bonds. The van der Waals surface area contributed by atoms with E-state index in [1.165, 1.54) is 41.7 Å². The summed E-state index contributed by atoms with van der Waals surface area (Å²) >= 11 is 0. The van der Waals surface area contributed by atoms with Crippen LogP contribution in [-0.2, 0) is 10.0 Å². The Morgan fingerprint density at radius 2 is 1.79 bits per heavy atom. The second-order valence-corrected chi connectivity index (χ2v) is 9.85. The minimum atomic E-state index is -3.76. The van der Waals surface area contributed by atoms with Crippen LogP contribution in [0.1, 0.15) is 43.5 Å². The van der Waals surface area contributed by atoms with Crippen molar-refractivity contribution < 1.29 is 22.9 Å². The molecule has 10 nitrogen and oxygen atoms in total. The van der Waals surface area contributed by atoms with Gasteiger partial charge in [-0.05, 0) is 43.5 Å². The first-order valence-corrected chi connectivity index (χ1v) is 12.7. The second-order valence-electron chi connectivity index (χ2n) is 7.91. The molecular formula is C23H30N4O6S. The third kappa shape index (κ3) is 5.31. The van der Waals surface area contributed by atoms with E-state index in [1.54, 1.807) is 19.9 Å². The molecule has 1 N–H and O–H groups in total. The number of nitro groups is 1. The van der Waals surface area contributed by atoms with E-state index in [0.29, 0.717) is 18.8 Å². The number of hydrogen-bond donors (Lipinski definition) is 1. The molecule has 2 aromatic carbocycles. The molecule has 11 heteroatoms. The average Bonchev–Trinajstić information content (AvgIpc) is 2.84. The van der Waals surface area contributed by atoms with Crippen LogP contribution in [0.4, 0.5) is 17.1 Å². The molecule has 184 valence electrons. The van der Waals surface area contributed by atoms with E-state index < -0.39 is 20.9 Å². The van der Waals surface area contributed by atoms with E-state index in [2.05, 4.69) is 5.32 Å². The van der Waals surface area contributed by atoms with Gasteiger partial charge < -0.3 is 15.0 Å². The molecule has 1 fully saturated rings. The van der Waals surface area contributed by atoms with Gasteiger partial charge in [-0.25, -0.2) is 8.42 Å². The molecular weight excluding hydrogens is 460 g/mol. The third-order valence-electron chi connectivity index (χ3n) is 5.89. The Morgan fingerprint density at radius 3 is 2.38 bits per heavy atom. The molecule has 0 aromatic heterocycles. The number of anilines is 2. The molecule has 0 saturated carbocycles. The summed E-state index contributed by atoms with van der Waals surface area (Å²) in [6, 6.07) is 8.49. The number of carbonyl (C=O) groups is 1. The molecule has 3 rings (SSSR count). The highest BCUT2D eigenvalue weighted by molar-refractivity contribution is 7.89. The standard InChI is InChI=1S/C23H30N4O6S/c1-4-26(5-2)34(31,32)18-10-12-22(33-3)20(16-18)24-23(28)19-15-17(27(29)30)9-11-21(19)25-13-7-6-8-14-25/h9-12,15-16H,4-8,13-14H2,1-3H3,(H,24,28). The number of non-ortho nitro benzene ring substituents is 1. The number of nitro benzene ring substituents is 1. The SMILES string of the molecule is CCN(CC)S(=O)(=O)c1ccc(OC)c(NC(=O)c2cc([N+](=O)[O-])ccc2N2CCCCC2)c1. The zero-order chi connectivity index (χ0) is 24.9. The fourth-order valence-corrected chi connectivity index (χ4v) is 5.56. The first-order valence-electron chi connectivity index (χ1n) is 11.3. The molecule has 0 spiro atoms. The summed E-state index contributed by atoms with van der Waals surface area (Å²) in [5.74, 6) is -0.309. The highest BCUT2D eigenvalue weighted by atomic mass is 32.2. The predicted molar refractivity (Wildman–Crippen MR) is 130 cm³/mol. The quantitative estimate of drug-likeness (QED) is 0.418. The molecule has 1 saturated heterocycles. The summed E-state index contributed by atoms with van der Waals surface area (Å²) in [6.45, 7) is 5.60. The molecule has 0 radical (unpaired) electrons. The van der Waals surface area contributed by atoms with Gasteiger partial charge in [-0.3, -0.25) is 14.9 Å². The maximum absolute atomic E-state index is 13.4. The van der Waals surface area contributed by atoms with Crippen molar-refractivity contribution in [3.05, 3.63) is 52.1 Å². The van der Waals surface area contributed by atoms with Crippen LogP contribution in [-0.4, -0.2) is 56.8 Å². The number of amides is 1. The number of benzene rings is 2. The fraction of sp³-hybridized carbons (Fsp3) is 0.435. The van der Waals surface area contributed by atoms with Crippen molar-refractivity contribution in [2.24, 2.45) is 0 Å². The van der Waals surface area contributed by atoms with Crippen molar-refractivity contribution >= 4 is 33.0 Å². The molecule has 0 aliphatic carbocycles. The van der Waals surface area contributed by atoms with Gasteiger partial charge in [0.25, 0.3) is 11.6 Å². The lowest BCUT2D eigenvalue weighted by Gasteiger charge is -2.30. The number of nitrogens with one attached hydrogen (secondary N) is 1. The van der Waals surface area contributed by atoms with Gasteiger partial charge in [-0.1, -0.05) is 13.8 Å². The number of piperidine rings is 1. The van der Waals surface area contributed by atoms with Gasteiger partial charge in [0, 0.05) is 38.3 Å². The van der Waals surface area contributed by atoms with Gasteiger partial charge in [0.15, 0.2) is 0 Å². The van der Waals surface area contributed by atoms with Crippen molar-refractivity contribution in [2.75, 3.05) is 43.5 Å². The molecule has 0 bridgehead atoms. The third-order valence-corrected chi connectivity index (χ3v) is 7.94. The highest BCUT2D eigenvalue weighted by Gasteiger charge is 2.25. The lowest BCUT2D eigenvalue weighted by Crippen LogP contribution is -2.31. The van der Waals surface area contributed by atoms with Gasteiger partial charge in [0.05, 0.1) is 33.9 Å². The summed E-state index contributed by atoms with van der Waals surface area (Å²) in [6.07, 6.45) is 3.03. The maximum atomic E-state index is 13.4. The summed E-state index contributed by atoms with van der Waals surface area (Å²) in [4.78, 5) is 26.2. The lowest BCUT2D eigenvalue weighted by atomic mass is 10.1. The Bertz CT molecular complexity index is 1160. The second kappa shape index (κ2) is 10.8. The number of nitrogens with zero attached hydrogens (tertiary/aromatic N) is 3. The summed E-state index contributed by atoms with van der Waals surface area (Å²) in [5, 5.41) is 14.1. The fourth-order valence-electron chi connectivity index (χ4n) is 4.08. The van der Waals surface area contributed by atoms with Gasteiger partial charge in [-0.15, -0.1) is 0 Å². The minimum Gasteiger partial charge on any atom is -0.495 e. The molecule has 2 aromatic rings. The first kappa shape index (κ1) is 25.4. The molecule has 1 heterocycles. The van der Waals surface area contributed by atoms with Crippen LogP contribution in [0.3, 0.4) is 0 Å². The molecule has 34 heavy (non-hydrogen) atoms. The van der Waals surface area contributed by atoms with Gasteiger partial charge >= 0.3 is 0 Å². The molecule has 0 unspecified atom stereocenters. The Morgan fingerprint density at radius 1 is 1.12 bits per heavy atom. The van der Waals surface area contributed by atoms with Crippen LogP contribution in [0, 0.1) is 10.1 Å². The summed E-state index contributed by atoms with van der Waals surface area (Å²) in [5.41, 5.74) is 0.719. The van der Waals surface area contributed by atoms with Crippen LogP contribution in [0.5, 0.6) is 5.75 Å². The number of rotatable bonds is 9. The lowest BCUT2D eigenvalue weighted by molar-refractivity contribution is -0.384. The number of methoxy groups -OCH3 is 1. The molecule has 0 atom stereocenters. The van der Waals surface area contributed by atoms with Crippen molar-refractivity contribution in [2.45, 2.75) is 38.0 Å². The highest BCUT2D eigenvalue weighted by Crippen LogP contribution is 2.32. The smallest absolute Gasteiger partial charge is 0.270 e. The molecule has 1 aliphatic heterocycles. The Labute approximate surface area is 199 Å². The van der Waals surface area contributed by atoms with Crippen LogP contribution in [0.15, 0.2) is 41.3 Å². The number of ether oxygens (including phenoxy) is 1. The largest absolute Gasteiger partial charge is 0.495 e. The normalized spacial score (nSPS) is 14.2. The zero-order valence-corrected chi connectivity index (χ0v) is 20.4. The number of sulfonamides is 1. The molecule has 1 aliphatic rings. The van der Waals surface area contributed by atoms with Gasteiger partial charge in [0.1, 0.15) is 5.75 Å². The van der Waals surface area contributed by atoms with Crippen LogP contribution < -0.4 is 15.0 Å². The predicted octanol–water partition coefficient (Wildman–Crippen LogP) is 3.88. The van der Waals surface area contributed by atoms with Crippen LogP contribution >= 0.6 is 0 Å². The van der Waals surface area contributed by atoms with Gasteiger partial charge in [0.2, 0.25) is 10.0 Å². The Balaban J connectivity index is 2.02. The zero-order valence-electron chi connectivity index (χ0n) is 19.6. The maximum Gasteiger partial charge on any atom is 0.270 e.